The van der Waals surface area contributed by atoms with Crippen LogP contribution < -0.4 is 4.74 Å². The van der Waals surface area contributed by atoms with Gasteiger partial charge in [0.1, 0.15) is 17.8 Å². The van der Waals surface area contributed by atoms with Gasteiger partial charge in [-0.05, 0) is 31.2 Å². The van der Waals surface area contributed by atoms with Crippen molar-refractivity contribution in [3.05, 3.63) is 53.3 Å². The lowest BCUT2D eigenvalue weighted by Crippen LogP contribution is -2.05. The van der Waals surface area contributed by atoms with Gasteiger partial charge < -0.3 is 9.53 Å². The minimum atomic E-state index is -4.47. The number of nitrogens with zero attached hydrogens (tertiary/aromatic N) is 1. The van der Waals surface area contributed by atoms with Crippen molar-refractivity contribution >= 4 is 6.29 Å². The Labute approximate surface area is 132 Å². The van der Waals surface area contributed by atoms with Crippen LogP contribution in [0.2, 0.25) is 0 Å². The first kappa shape index (κ1) is 20.0. The molecule has 0 aliphatic heterocycles. The van der Waals surface area contributed by atoms with E-state index in [9.17, 15) is 18.0 Å². The second-order valence-electron chi connectivity index (χ2n) is 4.03. The van der Waals surface area contributed by atoms with E-state index in [1.54, 1.807) is 0 Å². The van der Waals surface area contributed by atoms with Crippen LogP contribution in [0, 0.1) is 24.2 Å². The maximum atomic E-state index is 12.6. The number of halogens is 3. The van der Waals surface area contributed by atoms with Gasteiger partial charge in [-0.25, -0.2) is 0 Å². The van der Waals surface area contributed by atoms with E-state index in [0.717, 1.165) is 12.1 Å². The van der Waals surface area contributed by atoms with Gasteiger partial charge in [0.05, 0.1) is 17.2 Å². The summed E-state index contributed by atoms with van der Waals surface area (Å²) >= 11 is 0. The molecule has 6 heteroatoms. The molecule has 23 heavy (non-hydrogen) atoms. The molecule has 0 aromatic heterocycles. The second-order valence-corrected chi connectivity index (χ2v) is 4.03. The molecule has 0 amide bonds. The van der Waals surface area contributed by atoms with E-state index >= 15 is 0 Å². The van der Waals surface area contributed by atoms with Crippen LogP contribution in [0.3, 0.4) is 0 Å². The SMILES string of the molecule is C#C.C/C(C#N)=C(\C=C/CC=O)Oc1cccc(C(F)(F)F)c1. The van der Waals surface area contributed by atoms with E-state index < -0.39 is 11.7 Å². The number of hydrogen-bond acceptors (Lipinski definition) is 3. The molecule has 0 heterocycles. The van der Waals surface area contributed by atoms with E-state index in [0.29, 0.717) is 6.29 Å². The van der Waals surface area contributed by atoms with Crippen molar-refractivity contribution in [3.63, 3.8) is 0 Å². The number of benzene rings is 1. The van der Waals surface area contributed by atoms with Crippen molar-refractivity contribution < 1.29 is 22.7 Å². The van der Waals surface area contributed by atoms with E-state index in [2.05, 4.69) is 12.8 Å². The Hall–Kier alpha value is -2.99. The summed E-state index contributed by atoms with van der Waals surface area (Å²) in [5.41, 5.74) is -0.652. The summed E-state index contributed by atoms with van der Waals surface area (Å²) in [5.74, 6) is 0.0591. The predicted octanol–water partition coefficient (Wildman–Crippen LogP) is 4.28. The molecule has 1 aromatic carbocycles. The normalized spacial score (nSPS) is 11.7. The van der Waals surface area contributed by atoms with Crippen LogP contribution >= 0.6 is 0 Å². The summed E-state index contributed by atoms with van der Waals surface area (Å²) in [6.45, 7) is 1.47. The monoisotopic (exact) mass is 321 g/mol. The molecule has 0 aliphatic rings. The Morgan fingerprint density at radius 2 is 2.04 bits per heavy atom. The van der Waals surface area contributed by atoms with Crippen molar-refractivity contribution in [3.8, 4) is 24.7 Å². The third kappa shape index (κ3) is 7.01. The Morgan fingerprint density at radius 1 is 1.39 bits per heavy atom. The molecule has 120 valence electrons. The highest BCUT2D eigenvalue weighted by Gasteiger charge is 2.30. The Kier molecular flexibility index (Phi) is 8.58. The molecule has 0 fully saturated rings. The summed E-state index contributed by atoms with van der Waals surface area (Å²) in [7, 11) is 0. The lowest BCUT2D eigenvalue weighted by molar-refractivity contribution is -0.137. The third-order valence-electron chi connectivity index (χ3n) is 2.43. The quantitative estimate of drug-likeness (QED) is 0.267. The molecule has 0 N–H and O–H groups in total. The largest absolute Gasteiger partial charge is 0.456 e. The average Bonchev–Trinajstić information content (AvgIpc) is 2.54. The highest BCUT2D eigenvalue weighted by Crippen LogP contribution is 2.31. The number of carbonyl (C=O) groups is 1. The fourth-order valence-electron chi connectivity index (χ4n) is 1.38. The Balaban J connectivity index is 0.00000232. The lowest BCUT2D eigenvalue weighted by Gasteiger charge is -2.11. The number of nitriles is 1. The Bertz CT molecular complexity index is 650. The minimum absolute atomic E-state index is 0.0369. The molecule has 0 unspecified atom stereocenters. The zero-order valence-electron chi connectivity index (χ0n) is 12.3. The fourth-order valence-corrected chi connectivity index (χ4v) is 1.38. The van der Waals surface area contributed by atoms with Gasteiger partial charge in [-0.2, -0.15) is 18.4 Å². The molecule has 0 aliphatic carbocycles. The maximum absolute atomic E-state index is 12.6. The van der Waals surface area contributed by atoms with Gasteiger partial charge in [-0.1, -0.05) is 12.1 Å². The maximum Gasteiger partial charge on any atom is 0.416 e. The fraction of sp³-hybridized carbons (Fsp3) is 0.176. The predicted molar refractivity (Wildman–Crippen MR) is 80.1 cm³/mol. The van der Waals surface area contributed by atoms with Crippen molar-refractivity contribution in [2.75, 3.05) is 0 Å². The van der Waals surface area contributed by atoms with Crippen LogP contribution in [0.5, 0.6) is 5.75 Å². The highest BCUT2D eigenvalue weighted by molar-refractivity contribution is 5.52. The number of hydrogen-bond donors (Lipinski definition) is 0. The Morgan fingerprint density at radius 3 is 2.57 bits per heavy atom. The average molecular weight is 321 g/mol. The van der Waals surface area contributed by atoms with Crippen molar-refractivity contribution in [2.24, 2.45) is 0 Å². The summed E-state index contributed by atoms with van der Waals surface area (Å²) < 4.78 is 43.1. The zero-order chi connectivity index (χ0) is 17.9. The number of alkyl halides is 3. The van der Waals surface area contributed by atoms with Crippen LogP contribution in [0.25, 0.3) is 0 Å². The van der Waals surface area contributed by atoms with Gasteiger partial charge in [-0.15, -0.1) is 12.8 Å². The third-order valence-corrected chi connectivity index (χ3v) is 2.43. The van der Waals surface area contributed by atoms with Crippen molar-refractivity contribution in [1.29, 1.82) is 5.26 Å². The molecule has 3 nitrogen and oxygen atoms in total. The zero-order valence-corrected chi connectivity index (χ0v) is 12.3. The van der Waals surface area contributed by atoms with Crippen LogP contribution in [-0.2, 0) is 11.0 Å². The number of aldehydes is 1. The minimum Gasteiger partial charge on any atom is -0.456 e. The first-order valence-corrected chi connectivity index (χ1v) is 6.28. The van der Waals surface area contributed by atoms with Crippen molar-refractivity contribution in [2.45, 2.75) is 19.5 Å². The number of ether oxygens (including phenoxy) is 1. The first-order chi connectivity index (χ1) is 10.9. The van der Waals surface area contributed by atoms with Crippen LogP contribution in [0.4, 0.5) is 13.2 Å². The molecule has 0 spiro atoms. The number of carbonyl (C=O) groups excluding carboxylic acids is 1. The van der Waals surface area contributed by atoms with E-state index in [4.69, 9.17) is 10.00 Å². The van der Waals surface area contributed by atoms with Gasteiger partial charge in [0, 0.05) is 6.42 Å². The second kappa shape index (κ2) is 9.86. The molecule has 0 bridgehead atoms. The van der Waals surface area contributed by atoms with Gasteiger partial charge >= 0.3 is 6.18 Å². The number of rotatable bonds is 5. The molecule has 1 aromatic rings. The van der Waals surface area contributed by atoms with Gasteiger partial charge in [0.25, 0.3) is 0 Å². The summed E-state index contributed by atoms with van der Waals surface area (Å²) in [6.07, 6.45) is 7.14. The van der Waals surface area contributed by atoms with Crippen LogP contribution in [-0.4, -0.2) is 6.29 Å². The molecule has 0 radical (unpaired) electrons. The molecule has 1 rings (SSSR count). The first-order valence-electron chi connectivity index (χ1n) is 6.28. The van der Waals surface area contributed by atoms with E-state index in [-0.39, 0.29) is 23.5 Å². The summed E-state index contributed by atoms with van der Waals surface area (Å²) in [4.78, 5) is 10.2. The summed E-state index contributed by atoms with van der Waals surface area (Å²) in [5, 5.41) is 8.85. The lowest BCUT2D eigenvalue weighted by atomic mass is 10.2. The van der Waals surface area contributed by atoms with E-state index in [1.807, 2.05) is 6.07 Å². The molecule has 0 saturated heterocycles. The smallest absolute Gasteiger partial charge is 0.416 e. The topological polar surface area (TPSA) is 50.1 Å². The van der Waals surface area contributed by atoms with Gasteiger partial charge in [0.15, 0.2) is 0 Å². The van der Waals surface area contributed by atoms with Crippen molar-refractivity contribution in [1.82, 2.24) is 0 Å². The molecular formula is C17H14F3NO2. The van der Waals surface area contributed by atoms with Gasteiger partial charge in [-0.3, -0.25) is 0 Å². The molecule has 0 atom stereocenters. The standard InChI is InChI=1S/C15H12F3NO2.C2H2/c1-11(10-19)14(7-2-3-8-20)21-13-6-4-5-12(9-13)15(16,17)18;1-2/h2,4-9H,3H2,1H3;1-2H/b7-2-,14-11-;. The van der Waals surface area contributed by atoms with Crippen LogP contribution in [0.15, 0.2) is 47.7 Å². The summed E-state index contributed by atoms with van der Waals surface area (Å²) in [6, 6.07) is 6.19. The molecular weight excluding hydrogens is 307 g/mol. The number of allylic oxidation sites excluding steroid dienone is 3. The van der Waals surface area contributed by atoms with Crippen LogP contribution in [0.1, 0.15) is 18.9 Å². The highest BCUT2D eigenvalue weighted by atomic mass is 19.4. The molecule has 0 saturated carbocycles. The van der Waals surface area contributed by atoms with E-state index in [1.165, 1.54) is 31.2 Å². The number of terminal acetylenes is 1. The van der Waals surface area contributed by atoms with Gasteiger partial charge in [0.2, 0.25) is 0 Å².